The van der Waals surface area contributed by atoms with Crippen LogP contribution in [0, 0.1) is 0 Å². The molecule has 21 heavy (non-hydrogen) atoms. The summed E-state index contributed by atoms with van der Waals surface area (Å²) in [5.74, 6) is 0. The van der Waals surface area contributed by atoms with E-state index in [0.717, 1.165) is 25.4 Å². The van der Waals surface area contributed by atoms with Gasteiger partial charge in [-0.15, -0.1) is 0 Å². The quantitative estimate of drug-likeness (QED) is 0.864. The van der Waals surface area contributed by atoms with Crippen molar-refractivity contribution in [1.82, 2.24) is 10.3 Å². The third-order valence-electron chi connectivity index (χ3n) is 3.84. The summed E-state index contributed by atoms with van der Waals surface area (Å²) < 4.78 is 42.9. The van der Waals surface area contributed by atoms with Crippen LogP contribution in [0.3, 0.4) is 0 Å². The molecule has 0 saturated carbocycles. The molecule has 1 aromatic rings. The monoisotopic (exact) mass is 301 g/mol. The number of halogens is 3. The van der Waals surface area contributed by atoms with E-state index in [2.05, 4.69) is 10.3 Å². The minimum atomic E-state index is -4.49. The van der Waals surface area contributed by atoms with Gasteiger partial charge in [0, 0.05) is 12.8 Å². The van der Waals surface area contributed by atoms with E-state index in [0.29, 0.717) is 25.1 Å². The SMILES string of the molecule is O=C1OC2(CCNCC2)CN1c1ccc(C(F)(F)F)nc1. The summed E-state index contributed by atoms with van der Waals surface area (Å²) >= 11 is 0. The lowest BCUT2D eigenvalue weighted by Crippen LogP contribution is -2.44. The molecule has 3 rings (SSSR count). The molecule has 0 bridgehead atoms. The molecule has 8 heteroatoms. The number of hydrogen-bond acceptors (Lipinski definition) is 4. The number of carbonyl (C=O) groups is 1. The van der Waals surface area contributed by atoms with Crippen LogP contribution >= 0.6 is 0 Å². The molecule has 1 amide bonds. The summed E-state index contributed by atoms with van der Waals surface area (Å²) in [6.45, 7) is 1.86. The number of nitrogens with zero attached hydrogens (tertiary/aromatic N) is 2. The number of piperidine rings is 1. The van der Waals surface area contributed by atoms with E-state index in [9.17, 15) is 18.0 Å². The molecular weight excluding hydrogens is 287 g/mol. The number of amides is 1. The van der Waals surface area contributed by atoms with E-state index < -0.39 is 23.6 Å². The fourth-order valence-electron chi connectivity index (χ4n) is 2.68. The third kappa shape index (κ3) is 2.67. The van der Waals surface area contributed by atoms with Crippen LogP contribution in [0.1, 0.15) is 18.5 Å². The molecule has 3 heterocycles. The normalized spacial score (nSPS) is 21.7. The van der Waals surface area contributed by atoms with Crippen molar-refractivity contribution in [2.45, 2.75) is 24.6 Å². The first-order valence-corrected chi connectivity index (χ1v) is 6.64. The van der Waals surface area contributed by atoms with Gasteiger partial charge in [0.15, 0.2) is 0 Å². The van der Waals surface area contributed by atoms with Crippen molar-refractivity contribution in [2.24, 2.45) is 0 Å². The second-order valence-corrected chi connectivity index (χ2v) is 5.29. The number of anilines is 1. The molecule has 0 unspecified atom stereocenters. The van der Waals surface area contributed by atoms with Gasteiger partial charge in [0.25, 0.3) is 0 Å². The molecule has 2 aliphatic heterocycles. The molecule has 2 aliphatic rings. The molecule has 2 saturated heterocycles. The first-order valence-electron chi connectivity index (χ1n) is 6.64. The maximum Gasteiger partial charge on any atom is 0.433 e. The number of hydrogen-bond donors (Lipinski definition) is 1. The molecule has 0 aliphatic carbocycles. The molecule has 2 fully saturated rings. The Morgan fingerprint density at radius 3 is 2.57 bits per heavy atom. The van der Waals surface area contributed by atoms with Crippen LogP contribution in [0.25, 0.3) is 0 Å². The molecule has 114 valence electrons. The molecular formula is C13H14F3N3O2. The largest absolute Gasteiger partial charge is 0.441 e. The van der Waals surface area contributed by atoms with Gasteiger partial charge < -0.3 is 10.1 Å². The number of ether oxygens (including phenoxy) is 1. The fraction of sp³-hybridized carbons (Fsp3) is 0.538. The number of aromatic nitrogens is 1. The average molecular weight is 301 g/mol. The number of rotatable bonds is 1. The van der Waals surface area contributed by atoms with Gasteiger partial charge in [0.2, 0.25) is 0 Å². The number of alkyl halides is 3. The predicted octanol–water partition coefficient (Wildman–Crippen LogP) is 2.18. The number of carbonyl (C=O) groups excluding carboxylic acids is 1. The maximum absolute atomic E-state index is 12.5. The summed E-state index contributed by atoms with van der Waals surface area (Å²) in [4.78, 5) is 16.7. The highest BCUT2D eigenvalue weighted by atomic mass is 19.4. The van der Waals surface area contributed by atoms with Crippen LogP contribution in [0.4, 0.5) is 23.7 Å². The highest BCUT2D eigenvalue weighted by Crippen LogP contribution is 2.35. The van der Waals surface area contributed by atoms with Crippen molar-refractivity contribution >= 4 is 11.8 Å². The van der Waals surface area contributed by atoms with Gasteiger partial charge in [0.05, 0.1) is 18.4 Å². The van der Waals surface area contributed by atoms with E-state index >= 15 is 0 Å². The molecule has 1 spiro atoms. The van der Waals surface area contributed by atoms with Gasteiger partial charge >= 0.3 is 12.3 Å². The molecule has 0 radical (unpaired) electrons. The topological polar surface area (TPSA) is 54.5 Å². The first-order chi connectivity index (χ1) is 9.90. The Kier molecular flexibility index (Phi) is 3.27. The van der Waals surface area contributed by atoms with Crippen molar-refractivity contribution in [3.63, 3.8) is 0 Å². The van der Waals surface area contributed by atoms with Crippen molar-refractivity contribution in [3.8, 4) is 0 Å². The van der Waals surface area contributed by atoms with Gasteiger partial charge in [-0.2, -0.15) is 13.2 Å². The van der Waals surface area contributed by atoms with Gasteiger partial charge in [-0.1, -0.05) is 0 Å². The summed E-state index contributed by atoms with van der Waals surface area (Å²) in [6, 6.07) is 2.12. The summed E-state index contributed by atoms with van der Waals surface area (Å²) in [6.07, 6.45) is -2.56. The van der Waals surface area contributed by atoms with Crippen LogP contribution in [0.15, 0.2) is 18.3 Å². The van der Waals surface area contributed by atoms with Crippen molar-refractivity contribution in [2.75, 3.05) is 24.5 Å². The summed E-state index contributed by atoms with van der Waals surface area (Å²) in [5.41, 5.74) is -1.19. The van der Waals surface area contributed by atoms with Gasteiger partial charge in [-0.3, -0.25) is 4.90 Å². The third-order valence-corrected chi connectivity index (χ3v) is 3.84. The molecule has 1 N–H and O–H groups in total. The van der Waals surface area contributed by atoms with E-state index in [1.54, 1.807) is 0 Å². The Balaban J connectivity index is 1.79. The Hall–Kier alpha value is -1.83. The molecule has 0 aromatic carbocycles. The first kappa shape index (κ1) is 14.1. The maximum atomic E-state index is 12.5. The Labute approximate surface area is 119 Å². The minimum absolute atomic E-state index is 0.323. The molecule has 1 aromatic heterocycles. The predicted molar refractivity (Wildman–Crippen MR) is 67.9 cm³/mol. The highest BCUT2D eigenvalue weighted by molar-refractivity contribution is 5.90. The van der Waals surface area contributed by atoms with E-state index in [4.69, 9.17) is 4.74 Å². The smallest absolute Gasteiger partial charge is 0.433 e. The summed E-state index contributed by atoms with van der Waals surface area (Å²) in [5, 5.41) is 3.18. The van der Waals surface area contributed by atoms with Crippen LogP contribution in [-0.4, -0.2) is 36.3 Å². The van der Waals surface area contributed by atoms with Gasteiger partial charge in [-0.05, 0) is 25.2 Å². The molecule has 0 atom stereocenters. The van der Waals surface area contributed by atoms with Crippen molar-refractivity contribution < 1.29 is 22.7 Å². The zero-order chi connectivity index (χ0) is 15.1. The zero-order valence-electron chi connectivity index (χ0n) is 11.1. The Morgan fingerprint density at radius 2 is 2.00 bits per heavy atom. The molecule has 5 nitrogen and oxygen atoms in total. The highest BCUT2D eigenvalue weighted by Gasteiger charge is 2.46. The zero-order valence-corrected chi connectivity index (χ0v) is 11.1. The van der Waals surface area contributed by atoms with E-state index in [1.165, 1.54) is 11.0 Å². The number of pyridine rings is 1. The van der Waals surface area contributed by atoms with Crippen LogP contribution < -0.4 is 10.2 Å². The van der Waals surface area contributed by atoms with Crippen LogP contribution in [0.5, 0.6) is 0 Å². The number of nitrogens with one attached hydrogen (secondary N) is 1. The van der Waals surface area contributed by atoms with Crippen molar-refractivity contribution in [3.05, 3.63) is 24.0 Å². The second kappa shape index (κ2) is 4.87. The lowest BCUT2D eigenvalue weighted by atomic mass is 9.92. The lowest BCUT2D eigenvalue weighted by molar-refractivity contribution is -0.141. The van der Waals surface area contributed by atoms with Crippen LogP contribution in [0.2, 0.25) is 0 Å². The Morgan fingerprint density at radius 1 is 1.29 bits per heavy atom. The average Bonchev–Trinajstić information content (AvgIpc) is 2.75. The van der Waals surface area contributed by atoms with Gasteiger partial charge in [-0.25, -0.2) is 9.78 Å². The standard InChI is InChI=1S/C13H14F3N3O2/c14-13(15,16)10-2-1-9(7-18-10)19-8-12(21-11(19)20)3-5-17-6-4-12/h1-2,7,17H,3-6,8H2. The minimum Gasteiger partial charge on any atom is -0.441 e. The van der Waals surface area contributed by atoms with Crippen molar-refractivity contribution in [1.29, 1.82) is 0 Å². The Bertz CT molecular complexity index is 539. The van der Waals surface area contributed by atoms with Crippen LogP contribution in [-0.2, 0) is 10.9 Å². The lowest BCUT2D eigenvalue weighted by Gasteiger charge is -2.31. The second-order valence-electron chi connectivity index (χ2n) is 5.29. The van der Waals surface area contributed by atoms with E-state index in [-0.39, 0.29) is 0 Å². The fourth-order valence-corrected chi connectivity index (χ4v) is 2.68. The summed E-state index contributed by atoms with van der Waals surface area (Å²) in [7, 11) is 0. The van der Waals surface area contributed by atoms with Gasteiger partial charge in [0.1, 0.15) is 11.3 Å². The van der Waals surface area contributed by atoms with E-state index in [1.807, 2.05) is 0 Å².